The lowest BCUT2D eigenvalue weighted by molar-refractivity contribution is -0.253. The fourth-order valence-electron chi connectivity index (χ4n) is 3.21. The molecule has 0 unspecified atom stereocenters. The van der Waals surface area contributed by atoms with Gasteiger partial charge in [0.05, 0.1) is 6.54 Å². The van der Waals surface area contributed by atoms with Crippen molar-refractivity contribution in [1.29, 1.82) is 0 Å². The quantitative estimate of drug-likeness (QED) is 0.298. The highest BCUT2D eigenvalue weighted by Gasteiger charge is 2.44. The van der Waals surface area contributed by atoms with Crippen LogP contribution in [0.25, 0.3) is 0 Å². The predicted molar refractivity (Wildman–Crippen MR) is 118 cm³/mol. The van der Waals surface area contributed by atoms with E-state index in [-0.39, 0.29) is 24.4 Å². The Morgan fingerprint density at radius 1 is 0.778 bits per heavy atom. The molecule has 3 aromatic rings. The molecule has 4 nitrogen and oxygen atoms in total. The van der Waals surface area contributed by atoms with E-state index in [1.54, 1.807) is 12.1 Å². The average molecular weight is 517 g/mol. The molecule has 0 aliphatic carbocycles. The van der Waals surface area contributed by atoms with Gasteiger partial charge in [-0.05, 0) is 35.4 Å². The molecule has 0 fully saturated rings. The van der Waals surface area contributed by atoms with Crippen molar-refractivity contribution in [2.75, 3.05) is 11.4 Å². The Balaban J connectivity index is 1.83. The first kappa shape index (κ1) is 27.1. The largest absolute Gasteiger partial charge is 0.489 e. The van der Waals surface area contributed by atoms with Crippen LogP contribution in [0.5, 0.6) is 11.5 Å². The third-order valence-electron chi connectivity index (χ3n) is 4.98. The molecule has 0 aliphatic rings. The number of anilines is 1. The second-order valence-corrected chi connectivity index (χ2v) is 7.82. The van der Waals surface area contributed by atoms with E-state index >= 15 is 0 Å². The summed E-state index contributed by atoms with van der Waals surface area (Å²) in [7, 11) is 0. The van der Waals surface area contributed by atoms with Crippen molar-refractivity contribution in [3.8, 4) is 11.5 Å². The minimum Gasteiger partial charge on any atom is -0.489 e. The summed E-state index contributed by atoms with van der Waals surface area (Å²) in [5, 5.41) is 9.68. The third-order valence-corrected chi connectivity index (χ3v) is 4.98. The maximum atomic E-state index is 13.3. The zero-order valence-corrected chi connectivity index (χ0v) is 18.6. The lowest BCUT2D eigenvalue weighted by Crippen LogP contribution is -2.40. The maximum absolute atomic E-state index is 13.3. The smallest absolute Gasteiger partial charge is 0.461 e. The van der Waals surface area contributed by atoms with E-state index in [4.69, 9.17) is 4.74 Å². The van der Waals surface area contributed by atoms with Crippen molar-refractivity contribution < 1.29 is 45.3 Å². The van der Waals surface area contributed by atoms with Gasteiger partial charge in [-0.15, -0.1) is 0 Å². The molecule has 1 atom stereocenters. The average Bonchev–Trinajstić information content (AvgIpc) is 2.82. The normalized spacial score (nSPS) is 12.9. The number of hydrogen-bond donors (Lipinski definition) is 1. The first-order chi connectivity index (χ1) is 16.9. The van der Waals surface area contributed by atoms with Crippen molar-refractivity contribution >= 4 is 5.69 Å². The molecule has 0 radical (unpaired) electrons. The fraction of sp³-hybridized carbons (Fsp3) is 0.280. The summed E-state index contributed by atoms with van der Waals surface area (Å²) in [4.78, 5) is 1.16. The predicted octanol–water partition coefficient (Wildman–Crippen LogP) is 6.43. The number of hydrogen-bond acceptors (Lipinski definition) is 4. The molecular formula is C25H22F7NO3. The molecule has 11 heteroatoms. The molecule has 3 aromatic carbocycles. The third kappa shape index (κ3) is 7.77. The van der Waals surface area contributed by atoms with Gasteiger partial charge >= 0.3 is 18.7 Å². The fourth-order valence-corrected chi connectivity index (χ4v) is 3.21. The molecule has 0 aromatic heterocycles. The van der Waals surface area contributed by atoms with E-state index < -0.39 is 37.1 Å². The first-order valence-corrected chi connectivity index (χ1v) is 10.6. The lowest BCUT2D eigenvalue weighted by atomic mass is 10.1. The summed E-state index contributed by atoms with van der Waals surface area (Å²) in [5.41, 5.74) is 1.29. The standard InChI is InChI=1S/C25H22F7NO3/c26-23(27)25(31,32)36-21-11-4-8-18(12-21)14-33(15-22(34)24(28,29)30)19-9-5-10-20(13-19)35-16-17-6-2-1-3-7-17/h1-13,22-23,34H,14-16H2/t22-/m0/s1. The molecular weight excluding hydrogens is 495 g/mol. The summed E-state index contributed by atoms with van der Waals surface area (Å²) >= 11 is 0. The van der Waals surface area contributed by atoms with Gasteiger partial charge in [0.2, 0.25) is 0 Å². The molecule has 194 valence electrons. The van der Waals surface area contributed by atoms with Gasteiger partial charge in [-0.2, -0.15) is 30.7 Å². The zero-order valence-electron chi connectivity index (χ0n) is 18.6. The molecule has 0 spiro atoms. The van der Waals surface area contributed by atoms with Gasteiger partial charge in [0.25, 0.3) is 0 Å². The number of benzene rings is 3. The zero-order chi connectivity index (χ0) is 26.3. The van der Waals surface area contributed by atoms with Crippen LogP contribution in [0.4, 0.5) is 36.4 Å². The molecule has 0 bridgehead atoms. The minimum absolute atomic E-state index is 0.183. The second-order valence-electron chi connectivity index (χ2n) is 7.82. The summed E-state index contributed by atoms with van der Waals surface area (Å²) in [6, 6.07) is 19.9. The monoisotopic (exact) mass is 517 g/mol. The number of nitrogens with zero attached hydrogens (tertiary/aromatic N) is 1. The van der Waals surface area contributed by atoms with Crippen LogP contribution in [0.3, 0.4) is 0 Å². The van der Waals surface area contributed by atoms with Crippen LogP contribution in [0.15, 0.2) is 78.9 Å². The molecule has 0 saturated carbocycles. The van der Waals surface area contributed by atoms with E-state index in [0.717, 1.165) is 22.6 Å². The highest BCUT2D eigenvalue weighted by molar-refractivity contribution is 5.51. The van der Waals surface area contributed by atoms with Crippen LogP contribution in [0, 0.1) is 0 Å². The van der Waals surface area contributed by atoms with E-state index in [2.05, 4.69) is 4.74 Å². The summed E-state index contributed by atoms with van der Waals surface area (Å²) < 4.78 is 101. The van der Waals surface area contributed by atoms with Crippen LogP contribution in [0.1, 0.15) is 11.1 Å². The molecule has 0 saturated heterocycles. The Morgan fingerprint density at radius 3 is 2.08 bits per heavy atom. The number of halogens is 7. The number of aliphatic hydroxyl groups excluding tert-OH is 1. The lowest BCUT2D eigenvalue weighted by Gasteiger charge is -2.29. The summed E-state index contributed by atoms with van der Waals surface area (Å²) in [6.45, 7) is -0.968. The van der Waals surface area contributed by atoms with Crippen molar-refractivity contribution in [1.82, 2.24) is 0 Å². The van der Waals surface area contributed by atoms with Crippen molar-refractivity contribution in [2.45, 2.75) is 38.0 Å². The second kappa shape index (κ2) is 11.5. The van der Waals surface area contributed by atoms with E-state index in [9.17, 15) is 35.8 Å². The molecule has 0 heterocycles. The van der Waals surface area contributed by atoms with Crippen LogP contribution in [-0.2, 0) is 13.2 Å². The van der Waals surface area contributed by atoms with Crippen LogP contribution in [-0.4, -0.2) is 36.5 Å². The summed E-state index contributed by atoms with van der Waals surface area (Å²) in [6.07, 6.45) is -16.4. The summed E-state index contributed by atoms with van der Waals surface area (Å²) in [5.74, 6) is -0.245. The number of alkyl halides is 7. The SMILES string of the molecule is O[C@@H](CN(Cc1cccc(OC(F)(F)C(F)F)c1)c1cccc(OCc2ccccc2)c1)C(F)(F)F. The Morgan fingerprint density at radius 2 is 1.42 bits per heavy atom. The van der Waals surface area contributed by atoms with E-state index in [1.165, 1.54) is 24.3 Å². The maximum Gasteiger partial charge on any atom is 0.461 e. The van der Waals surface area contributed by atoms with Gasteiger partial charge in [-0.1, -0.05) is 48.5 Å². The molecule has 0 aliphatic heterocycles. The van der Waals surface area contributed by atoms with Gasteiger partial charge in [-0.3, -0.25) is 0 Å². The molecule has 36 heavy (non-hydrogen) atoms. The van der Waals surface area contributed by atoms with Crippen molar-refractivity contribution in [3.63, 3.8) is 0 Å². The van der Waals surface area contributed by atoms with Gasteiger partial charge in [0.1, 0.15) is 18.1 Å². The van der Waals surface area contributed by atoms with Crippen LogP contribution in [0.2, 0.25) is 0 Å². The highest BCUT2D eigenvalue weighted by atomic mass is 19.4. The minimum atomic E-state index is -4.91. The van der Waals surface area contributed by atoms with Crippen molar-refractivity contribution in [2.24, 2.45) is 0 Å². The Hall–Kier alpha value is -3.47. The van der Waals surface area contributed by atoms with Gasteiger partial charge in [0.15, 0.2) is 6.10 Å². The molecule has 0 amide bonds. The Kier molecular flexibility index (Phi) is 8.67. The number of aliphatic hydroxyl groups is 1. The topological polar surface area (TPSA) is 41.9 Å². The number of rotatable bonds is 11. The van der Waals surface area contributed by atoms with Crippen LogP contribution < -0.4 is 14.4 Å². The van der Waals surface area contributed by atoms with Gasteiger partial charge in [-0.25, -0.2) is 0 Å². The molecule has 1 N–H and O–H groups in total. The van der Waals surface area contributed by atoms with Crippen molar-refractivity contribution in [3.05, 3.63) is 90.0 Å². The molecule has 3 rings (SSSR count). The Labute approximate surface area is 202 Å². The van der Waals surface area contributed by atoms with Gasteiger partial charge in [0, 0.05) is 18.3 Å². The Bertz CT molecular complexity index is 1110. The first-order valence-electron chi connectivity index (χ1n) is 10.6. The van der Waals surface area contributed by atoms with E-state index in [1.807, 2.05) is 30.3 Å². The number of ether oxygens (including phenoxy) is 2. The van der Waals surface area contributed by atoms with E-state index in [0.29, 0.717) is 5.75 Å². The van der Waals surface area contributed by atoms with Gasteiger partial charge < -0.3 is 19.5 Å². The van der Waals surface area contributed by atoms with Crippen LogP contribution >= 0.6 is 0 Å². The highest BCUT2D eigenvalue weighted by Crippen LogP contribution is 2.30.